The maximum absolute atomic E-state index is 12.2. The largest absolute Gasteiger partial charge is 0.447 e. The van der Waals surface area contributed by atoms with Gasteiger partial charge in [-0.3, -0.25) is 0 Å². The fraction of sp³-hybridized carbons (Fsp3) is 0.714. The van der Waals surface area contributed by atoms with E-state index in [0.29, 0.717) is 25.0 Å². The molecule has 1 aliphatic rings. The van der Waals surface area contributed by atoms with E-state index in [4.69, 9.17) is 9.15 Å². The maximum Gasteiger partial charge on any atom is 0.274 e. The van der Waals surface area contributed by atoms with Crippen molar-refractivity contribution < 1.29 is 17.6 Å². The van der Waals surface area contributed by atoms with Crippen LogP contribution in [-0.4, -0.2) is 33.2 Å². The molecule has 120 valence electrons. The minimum atomic E-state index is -3.58. The van der Waals surface area contributed by atoms with E-state index in [1.54, 1.807) is 6.07 Å². The van der Waals surface area contributed by atoms with Gasteiger partial charge in [0.15, 0.2) is 0 Å². The van der Waals surface area contributed by atoms with E-state index in [9.17, 15) is 8.42 Å². The lowest BCUT2D eigenvalue weighted by atomic mass is 9.90. The topological polar surface area (TPSA) is 80.6 Å². The van der Waals surface area contributed by atoms with E-state index in [1.165, 1.54) is 6.07 Å². The highest BCUT2D eigenvalue weighted by atomic mass is 32.2. The van der Waals surface area contributed by atoms with Gasteiger partial charge >= 0.3 is 0 Å². The van der Waals surface area contributed by atoms with E-state index in [1.807, 2.05) is 20.8 Å². The molecule has 2 N–H and O–H groups in total. The molecule has 0 saturated heterocycles. The molecule has 1 fully saturated rings. The maximum atomic E-state index is 12.2. The molecule has 1 saturated carbocycles. The number of rotatable bonds is 8. The molecular weight excluding hydrogens is 292 g/mol. The van der Waals surface area contributed by atoms with Gasteiger partial charge in [0.25, 0.3) is 10.0 Å². The molecule has 0 spiro atoms. The summed E-state index contributed by atoms with van der Waals surface area (Å²) >= 11 is 0. The number of ether oxygens (including phenoxy) is 1. The number of sulfonamides is 1. The first-order valence-electron chi connectivity index (χ1n) is 7.36. The molecule has 6 nitrogen and oxygen atoms in total. The highest BCUT2D eigenvalue weighted by molar-refractivity contribution is 7.89. The monoisotopic (exact) mass is 316 g/mol. The highest BCUT2D eigenvalue weighted by Crippen LogP contribution is 2.25. The predicted octanol–water partition coefficient (Wildman–Crippen LogP) is 1.62. The van der Waals surface area contributed by atoms with Crippen molar-refractivity contribution in [2.75, 3.05) is 6.61 Å². The molecule has 0 bridgehead atoms. The molecule has 1 aromatic rings. The Morgan fingerprint density at radius 2 is 2.10 bits per heavy atom. The summed E-state index contributed by atoms with van der Waals surface area (Å²) in [5, 5.41) is 3.16. The molecule has 21 heavy (non-hydrogen) atoms. The summed E-state index contributed by atoms with van der Waals surface area (Å²) in [4.78, 5) is 0. The lowest BCUT2D eigenvalue weighted by molar-refractivity contribution is -0.00483. The van der Waals surface area contributed by atoms with Crippen molar-refractivity contribution in [3.8, 4) is 0 Å². The van der Waals surface area contributed by atoms with Crippen molar-refractivity contribution >= 4 is 10.0 Å². The van der Waals surface area contributed by atoms with Crippen molar-refractivity contribution in [2.45, 2.75) is 63.4 Å². The normalized spacial score (nSPS) is 22.5. The molecule has 0 amide bonds. The van der Waals surface area contributed by atoms with E-state index in [0.717, 1.165) is 12.8 Å². The summed E-state index contributed by atoms with van der Waals surface area (Å²) in [6.07, 6.45) is 1.61. The van der Waals surface area contributed by atoms with Crippen LogP contribution in [-0.2, 0) is 21.3 Å². The molecule has 0 radical (unpaired) electrons. The Labute approximate surface area is 126 Å². The molecule has 1 aliphatic carbocycles. The number of nitrogens with one attached hydrogen (secondary N) is 2. The Hall–Kier alpha value is -0.890. The number of hydrogen-bond acceptors (Lipinski definition) is 5. The van der Waals surface area contributed by atoms with Crippen LogP contribution in [0.1, 0.15) is 39.4 Å². The van der Waals surface area contributed by atoms with Gasteiger partial charge in [0.2, 0.25) is 5.09 Å². The van der Waals surface area contributed by atoms with Crippen molar-refractivity contribution in [1.82, 2.24) is 10.0 Å². The Bertz CT molecular complexity index is 547. The van der Waals surface area contributed by atoms with Gasteiger partial charge in [-0.2, -0.15) is 0 Å². The molecule has 1 aromatic heterocycles. The smallest absolute Gasteiger partial charge is 0.274 e. The van der Waals surface area contributed by atoms with Crippen LogP contribution in [0.25, 0.3) is 0 Å². The molecule has 0 atom stereocenters. The van der Waals surface area contributed by atoms with Crippen LogP contribution in [0, 0.1) is 0 Å². The van der Waals surface area contributed by atoms with Crippen molar-refractivity contribution in [3.05, 3.63) is 17.9 Å². The average molecular weight is 316 g/mol. The quantitative estimate of drug-likeness (QED) is 0.762. The van der Waals surface area contributed by atoms with Gasteiger partial charge in [0.1, 0.15) is 5.76 Å². The fourth-order valence-electron chi connectivity index (χ4n) is 2.21. The third-order valence-electron chi connectivity index (χ3n) is 3.41. The third-order valence-corrected chi connectivity index (χ3v) is 4.80. The highest BCUT2D eigenvalue weighted by Gasteiger charge is 2.34. The van der Waals surface area contributed by atoms with Gasteiger partial charge in [0, 0.05) is 18.7 Å². The Balaban J connectivity index is 1.88. The summed E-state index contributed by atoms with van der Waals surface area (Å²) in [6, 6.07) is 3.44. The summed E-state index contributed by atoms with van der Waals surface area (Å²) in [6.45, 7) is 7.16. The first-order valence-corrected chi connectivity index (χ1v) is 8.85. The van der Waals surface area contributed by atoms with E-state index in [2.05, 4.69) is 10.0 Å². The molecule has 7 heteroatoms. The zero-order chi connectivity index (χ0) is 15.5. The summed E-state index contributed by atoms with van der Waals surface area (Å²) in [7, 11) is -3.58. The molecule has 0 aliphatic heterocycles. The summed E-state index contributed by atoms with van der Waals surface area (Å²) in [5.74, 6) is 0.616. The van der Waals surface area contributed by atoms with Gasteiger partial charge in [0.05, 0.1) is 12.6 Å². The molecular formula is C14H24N2O4S. The minimum absolute atomic E-state index is 0.0251. The van der Waals surface area contributed by atoms with Crippen LogP contribution in [0.3, 0.4) is 0 Å². The second-order valence-corrected chi connectivity index (χ2v) is 7.27. The van der Waals surface area contributed by atoms with Gasteiger partial charge in [-0.1, -0.05) is 13.8 Å². The van der Waals surface area contributed by atoms with Crippen LogP contribution in [0.4, 0.5) is 0 Å². The van der Waals surface area contributed by atoms with Gasteiger partial charge in [-0.15, -0.1) is 0 Å². The van der Waals surface area contributed by atoms with Crippen LogP contribution in [0.5, 0.6) is 0 Å². The second-order valence-electron chi connectivity index (χ2n) is 5.62. The van der Waals surface area contributed by atoms with Crippen LogP contribution in [0.2, 0.25) is 0 Å². The zero-order valence-corrected chi connectivity index (χ0v) is 13.6. The van der Waals surface area contributed by atoms with Crippen molar-refractivity contribution in [1.29, 1.82) is 0 Å². The first-order chi connectivity index (χ1) is 9.90. The lowest BCUT2D eigenvalue weighted by Gasteiger charge is -2.34. The first kappa shape index (κ1) is 16.5. The van der Waals surface area contributed by atoms with Crippen LogP contribution >= 0.6 is 0 Å². The van der Waals surface area contributed by atoms with E-state index in [-0.39, 0.29) is 17.2 Å². The molecule has 0 aromatic carbocycles. The van der Waals surface area contributed by atoms with Gasteiger partial charge < -0.3 is 14.5 Å². The average Bonchev–Trinajstić information content (AvgIpc) is 2.83. The standard InChI is InChI=1S/C14H24N2O4S/c1-4-19-13-7-11(8-13)16-21(17,18)14-6-5-12(20-14)9-15-10(2)3/h5-6,10-11,13,15-16H,4,7-9H2,1-3H3. The zero-order valence-electron chi connectivity index (χ0n) is 12.8. The van der Waals surface area contributed by atoms with Crippen molar-refractivity contribution in [2.24, 2.45) is 0 Å². The number of hydrogen-bond donors (Lipinski definition) is 2. The Morgan fingerprint density at radius 3 is 2.71 bits per heavy atom. The van der Waals surface area contributed by atoms with Gasteiger partial charge in [-0.05, 0) is 31.9 Å². The third kappa shape index (κ3) is 4.54. The second kappa shape index (κ2) is 6.91. The Morgan fingerprint density at radius 1 is 1.38 bits per heavy atom. The predicted molar refractivity (Wildman–Crippen MR) is 79.4 cm³/mol. The lowest BCUT2D eigenvalue weighted by Crippen LogP contribution is -2.47. The molecule has 2 rings (SSSR count). The Kier molecular flexibility index (Phi) is 5.43. The summed E-state index contributed by atoms with van der Waals surface area (Å²) < 4.78 is 37.8. The van der Waals surface area contributed by atoms with Gasteiger partial charge in [-0.25, -0.2) is 13.1 Å². The van der Waals surface area contributed by atoms with E-state index < -0.39 is 10.0 Å². The number of furan rings is 1. The minimum Gasteiger partial charge on any atom is -0.447 e. The summed E-state index contributed by atoms with van der Waals surface area (Å²) in [5.41, 5.74) is 0. The van der Waals surface area contributed by atoms with E-state index >= 15 is 0 Å². The fourth-order valence-corrected chi connectivity index (χ4v) is 3.42. The SMILES string of the molecule is CCOC1CC(NS(=O)(=O)c2ccc(CNC(C)C)o2)C1. The van der Waals surface area contributed by atoms with Crippen LogP contribution in [0.15, 0.2) is 21.6 Å². The molecule has 0 unspecified atom stereocenters. The molecule has 1 heterocycles. The van der Waals surface area contributed by atoms with Crippen LogP contribution < -0.4 is 10.0 Å². The van der Waals surface area contributed by atoms with Crippen molar-refractivity contribution in [3.63, 3.8) is 0 Å².